The fraction of sp³-hybridized carbons (Fsp3) is 0.412. The van der Waals surface area contributed by atoms with Crippen LogP contribution in [0.25, 0.3) is 11.3 Å². The molecule has 152 valence electrons. The summed E-state index contributed by atoms with van der Waals surface area (Å²) in [7, 11) is 0. The molecule has 1 aromatic heterocycles. The van der Waals surface area contributed by atoms with Crippen molar-refractivity contribution >= 4 is 6.03 Å². The molecule has 0 spiro atoms. The van der Waals surface area contributed by atoms with Crippen LogP contribution in [0.1, 0.15) is 12.2 Å². The molecule has 0 radical (unpaired) electrons. The summed E-state index contributed by atoms with van der Waals surface area (Å²) >= 11 is 0. The molecule has 2 aromatic rings. The van der Waals surface area contributed by atoms with E-state index in [1.807, 2.05) is 0 Å². The van der Waals surface area contributed by atoms with E-state index in [2.05, 4.69) is 15.6 Å². The zero-order valence-corrected chi connectivity index (χ0v) is 14.6. The van der Waals surface area contributed by atoms with Crippen molar-refractivity contribution < 1.29 is 26.7 Å². The molecular formula is C17H18F5N5O. The van der Waals surface area contributed by atoms with Crippen molar-refractivity contribution in [3.63, 3.8) is 0 Å². The van der Waals surface area contributed by atoms with Gasteiger partial charge in [0.1, 0.15) is 23.5 Å². The lowest BCUT2D eigenvalue weighted by molar-refractivity contribution is -0.146. The fourth-order valence-electron chi connectivity index (χ4n) is 2.94. The minimum Gasteiger partial charge on any atom is -0.336 e. The number of benzene rings is 1. The Kier molecular flexibility index (Phi) is 5.54. The number of nitrogens with two attached hydrogens (primary N) is 1. The molecule has 2 atom stereocenters. The van der Waals surface area contributed by atoms with E-state index >= 15 is 0 Å². The Labute approximate surface area is 156 Å². The zero-order valence-electron chi connectivity index (χ0n) is 14.6. The first-order chi connectivity index (χ1) is 13.1. The molecule has 1 aliphatic rings. The summed E-state index contributed by atoms with van der Waals surface area (Å²) < 4.78 is 65.8. The third-order valence-corrected chi connectivity index (χ3v) is 4.44. The minimum atomic E-state index is -4.59. The highest BCUT2D eigenvalue weighted by Crippen LogP contribution is 2.25. The predicted molar refractivity (Wildman–Crippen MR) is 90.3 cm³/mol. The van der Waals surface area contributed by atoms with Crippen LogP contribution in [0.3, 0.4) is 0 Å². The van der Waals surface area contributed by atoms with Gasteiger partial charge in [0.2, 0.25) is 0 Å². The highest BCUT2D eigenvalue weighted by Gasteiger charge is 2.36. The summed E-state index contributed by atoms with van der Waals surface area (Å²) in [4.78, 5) is 16.1. The monoisotopic (exact) mass is 403 g/mol. The number of alkyl halides is 3. The Balaban J connectivity index is 1.60. The second kappa shape index (κ2) is 7.74. The molecule has 1 aromatic carbocycles. The van der Waals surface area contributed by atoms with Crippen molar-refractivity contribution in [3.05, 3.63) is 41.9 Å². The molecule has 0 saturated carbocycles. The van der Waals surface area contributed by atoms with Crippen LogP contribution in [0.2, 0.25) is 0 Å². The van der Waals surface area contributed by atoms with Crippen LogP contribution in [0.15, 0.2) is 24.4 Å². The van der Waals surface area contributed by atoms with Gasteiger partial charge >= 0.3 is 12.2 Å². The van der Waals surface area contributed by atoms with Gasteiger partial charge < -0.3 is 20.9 Å². The summed E-state index contributed by atoms with van der Waals surface area (Å²) in [6, 6.07) is -0.0252. The number of halogens is 5. The zero-order chi connectivity index (χ0) is 20.5. The van der Waals surface area contributed by atoms with Crippen LogP contribution < -0.4 is 16.4 Å². The number of hydrogen-bond acceptors (Lipinski definition) is 3. The molecule has 4 N–H and O–H groups in total. The number of rotatable bonds is 4. The second-order valence-electron chi connectivity index (χ2n) is 6.56. The molecule has 0 saturated heterocycles. The second-order valence-corrected chi connectivity index (χ2v) is 6.56. The molecule has 1 aliphatic heterocycles. The maximum absolute atomic E-state index is 13.9. The van der Waals surface area contributed by atoms with Gasteiger partial charge in [0.25, 0.3) is 0 Å². The normalized spacial score (nSPS) is 17.7. The van der Waals surface area contributed by atoms with Gasteiger partial charge in [-0.2, -0.15) is 13.2 Å². The molecule has 0 bridgehead atoms. The number of fused-ring (bicyclic) bond motifs is 1. The number of nitrogens with one attached hydrogen (secondary N) is 2. The molecule has 0 aliphatic carbocycles. The molecule has 3 rings (SSSR count). The van der Waals surface area contributed by atoms with Gasteiger partial charge in [-0.1, -0.05) is 0 Å². The van der Waals surface area contributed by atoms with Crippen LogP contribution in [0, 0.1) is 11.6 Å². The molecule has 11 heteroatoms. The maximum Gasteiger partial charge on any atom is 0.405 e. The van der Waals surface area contributed by atoms with Crippen molar-refractivity contribution in [3.8, 4) is 11.3 Å². The van der Waals surface area contributed by atoms with E-state index < -0.39 is 36.4 Å². The lowest BCUT2D eigenvalue weighted by Crippen LogP contribution is -2.51. The average Bonchev–Trinajstić information content (AvgIpc) is 3.01. The Morgan fingerprint density at radius 3 is 2.79 bits per heavy atom. The predicted octanol–water partition coefficient (Wildman–Crippen LogP) is 2.33. The van der Waals surface area contributed by atoms with Gasteiger partial charge in [-0.25, -0.2) is 18.6 Å². The fourth-order valence-corrected chi connectivity index (χ4v) is 2.94. The van der Waals surface area contributed by atoms with Crippen molar-refractivity contribution in [1.82, 2.24) is 20.2 Å². The number of imidazole rings is 1. The Bertz CT molecular complexity index is 866. The maximum atomic E-state index is 13.9. The van der Waals surface area contributed by atoms with Gasteiger partial charge in [-0.3, -0.25) is 0 Å². The number of hydrogen-bond donors (Lipinski definition) is 3. The summed E-state index contributed by atoms with van der Waals surface area (Å²) in [5.41, 5.74) is 5.44. The van der Waals surface area contributed by atoms with E-state index in [0.717, 1.165) is 12.1 Å². The number of amides is 2. The summed E-state index contributed by atoms with van der Waals surface area (Å²) in [5.74, 6) is -0.743. The smallest absolute Gasteiger partial charge is 0.336 e. The van der Waals surface area contributed by atoms with Crippen LogP contribution >= 0.6 is 0 Å². The number of aryl methyl sites for hydroxylation is 1. The van der Waals surface area contributed by atoms with E-state index in [1.165, 1.54) is 6.07 Å². The van der Waals surface area contributed by atoms with Crippen molar-refractivity contribution in [2.45, 2.75) is 37.6 Å². The third kappa shape index (κ3) is 4.58. The van der Waals surface area contributed by atoms with Crippen molar-refractivity contribution in [1.29, 1.82) is 0 Å². The first-order valence-electron chi connectivity index (χ1n) is 8.51. The number of aromatic nitrogens is 2. The minimum absolute atomic E-state index is 0.159. The first kappa shape index (κ1) is 20.1. The van der Waals surface area contributed by atoms with Crippen molar-refractivity contribution in [2.75, 3.05) is 6.54 Å². The quantitative estimate of drug-likeness (QED) is 0.685. The third-order valence-electron chi connectivity index (χ3n) is 4.44. The SMILES string of the molecule is NC(CNC(=O)NC1CCc2nc(-c3ccc(F)cc3F)cn2C1)C(F)(F)F. The largest absolute Gasteiger partial charge is 0.405 e. The van der Waals surface area contributed by atoms with Gasteiger partial charge in [-0.05, 0) is 18.6 Å². The van der Waals surface area contributed by atoms with Gasteiger partial charge in [0, 0.05) is 43.4 Å². The topological polar surface area (TPSA) is 85.0 Å². The summed E-state index contributed by atoms with van der Waals surface area (Å²) in [6.07, 6.45) is -2.00. The molecule has 28 heavy (non-hydrogen) atoms. The highest BCUT2D eigenvalue weighted by atomic mass is 19.4. The molecule has 2 unspecified atom stereocenters. The molecule has 2 heterocycles. The summed E-state index contributed by atoms with van der Waals surface area (Å²) in [5, 5.41) is 4.69. The van der Waals surface area contributed by atoms with E-state index in [4.69, 9.17) is 5.73 Å². The molecule has 0 fully saturated rings. The van der Waals surface area contributed by atoms with Crippen LogP contribution in [-0.2, 0) is 13.0 Å². The van der Waals surface area contributed by atoms with Crippen LogP contribution in [-0.4, -0.2) is 40.4 Å². The van der Waals surface area contributed by atoms with E-state index in [1.54, 1.807) is 10.8 Å². The Hall–Kier alpha value is -2.69. The molecule has 6 nitrogen and oxygen atoms in total. The molecule has 2 amide bonds. The van der Waals surface area contributed by atoms with Crippen LogP contribution in [0.4, 0.5) is 26.7 Å². The van der Waals surface area contributed by atoms with E-state index in [9.17, 15) is 26.7 Å². The number of carbonyl (C=O) groups excluding carboxylic acids is 1. The van der Waals surface area contributed by atoms with Crippen molar-refractivity contribution in [2.24, 2.45) is 5.73 Å². The molecular weight excluding hydrogens is 385 g/mol. The highest BCUT2D eigenvalue weighted by molar-refractivity contribution is 5.74. The van der Waals surface area contributed by atoms with Gasteiger partial charge in [0.05, 0.1) is 5.69 Å². The lowest BCUT2D eigenvalue weighted by atomic mass is 10.1. The first-order valence-corrected chi connectivity index (χ1v) is 8.51. The Morgan fingerprint density at radius 1 is 1.36 bits per heavy atom. The Morgan fingerprint density at radius 2 is 2.11 bits per heavy atom. The van der Waals surface area contributed by atoms with E-state index in [-0.39, 0.29) is 11.6 Å². The van der Waals surface area contributed by atoms with E-state index in [0.29, 0.717) is 30.9 Å². The lowest BCUT2D eigenvalue weighted by Gasteiger charge is -2.25. The van der Waals surface area contributed by atoms with Gasteiger partial charge in [-0.15, -0.1) is 0 Å². The average molecular weight is 403 g/mol. The number of nitrogens with zero attached hydrogens (tertiary/aromatic N) is 2. The summed E-state index contributed by atoms with van der Waals surface area (Å²) in [6.45, 7) is -0.406. The standard InChI is InChI=1S/C17H18F5N5O/c18-9-1-3-11(12(19)5-9)13-8-27-7-10(2-4-15(27)26-13)25-16(28)24-6-14(23)17(20,21)22/h1,3,5,8,10,14H,2,4,6-7,23H2,(H2,24,25,28). The van der Waals surface area contributed by atoms with Gasteiger partial charge in [0.15, 0.2) is 0 Å². The van der Waals surface area contributed by atoms with Crippen LogP contribution in [0.5, 0.6) is 0 Å². The number of urea groups is 1. The number of carbonyl (C=O) groups is 1.